The average molecular weight is 395 g/mol. The van der Waals surface area contributed by atoms with Crippen LogP contribution in [0.1, 0.15) is 11.1 Å². The number of rotatable bonds is 5. The molecule has 0 radical (unpaired) electrons. The molecule has 2 amide bonds. The molecule has 0 bridgehead atoms. The largest absolute Gasteiger partial charge is 0.447 e. The predicted octanol–water partition coefficient (Wildman–Crippen LogP) is 1.44. The van der Waals surface area contributed by atoms with Gasteiger partial charge in [-0.25, -0.2) is 9.78 Å². The molecule has 2 aromatic rings. The number of piperazine rings is 1. The Labute approximate surface area is 169 Å². The van der Waals surface area contributed by atoms with Crippen molar-refractivity contribution in [1.82, 2.24) is 15.6 Å². The van der Waals surface area contributed by atoms with Crippen molar-refractivity contribution in [2.24, 2.45) is 0 Å². The van der Waals surface area contributed by atoms with E-state index < -0.39 is 12.1 Å². The summed E-state index contributed by atoms with van der Waals surface area (Å²) in [4.78, 5) is 32.6. The van der Waals surface area contributed by atoms with Crippen LogP contribution < -0.4 is 20.4 Å². The van der Waals surface area contributed by atoms with Crippen LogP contribution in [-0.2, 0) is 16.1 Å². The number of ether oxygens (including phenoxy) is 1. The second-order valence-electron chi connectivity index (χ2n) is 7.26. The first-order chi connectivity index (χ1) is 14.1. The highest BCUT2D eigenvalue weighted by Gasteiger charge is 2.29. The number of benzene rings is 1. The molecule has 0 aliphatic carbocycles. The third kappa shape index (κ3) is 4.26. The number of para-hydroxylation sites is 1. The van der Waals surface area contributed by atoms with Crippen molar-refractivity contribution < 1.29 is 14.3 Å². The molecule has 1 atom stereocenters. The van der Waals surface area contributed by atoms with Crippen LogP contribution >= 0.6 is 0 Å². The van der Waals surface area contributed by atoms with E-state index in [1.54, 1.807) is 6.20 Å². The van der Waals surface area contributed by atoms with Crippen LogP contribution in [0.25, 0.3) is 0 Å². The normalized spacial score (nSPS) is 18.9. The summed E-state index contributed by atoms with van der Waals surface area (Å²) in [7, 11) is 0. The lowest BCUT2D eigenvalue weighted by Gasteiger charge is -2.38. The van der Waals surface area contributed by atoms with Crippen molar-refractivity contribution in [3.63, 3.8) is 0 Å². The summed E-state index contributed by atoms with van der Waals surface area (Å²) >= 11 is 0. The van der Waals surface area contributed by atoms with E-state index in [-0.39, 0.29) is 12.5 Å². The number of carbonyl (C=O) groups excluding carboxylic acids is 2. The first kappa shape index (κ1) is 19.0. The fourth-order valence-corrected chi connectivity index (χ4v) is 3.76. The van der Waals surface area contributed by atoms with Gasteiger partial charge in [0, 0.05) is 50.2 Å². The maximum Gasteiger partial charge on any atom is 0.407 e. The van der Waals surface area contributed by atoms with Crippen LogP contribution in [0.2, 0.25) is 0 Å². The minimum atomic E-state index is -0.639. The number of anilines is 2. The van der Waals surface area contributed by atoms with Gasteiger partial charge in [-0.2, -0.15) is 0 Å². The number of carbonyl (C=O) groups is 2. The molecule has 2 fully saturated rings. The molecule has 2 aliphatic heterocycles. The second kappa shape index (κ2) is 8.38. The number of nitrogens with one attached hydrogen (secondary N) is 2. The van der Waals surface area contributed by atoms with Crippen molar-refractivity contribution in [3.8, 4) is 0 Å². The highest BCUT2D eigenvalue weighted by molar-refractivity contribution is 5.87. The number of hydrogen-bond donors (Lipinski definition) is 2. The molecule has 29 heavy (non-hydrogen) atoms. The number of pyridine rings is 1. The van der Waals surface area contributed by atoms with Gasteiger partial charge in [0.05, 0.1) is 0 Å². The van der Waals surface area contributed by atoms with E-state index in [0.29, 0.717) is 6.54 Å². The van der Waals surface area contributed by atoms with E-state index in [0.717, 1.165) is 37.6 Å². The molecule has 152 valence electrons. The Morgan fingerprint density at radius 3 is 2.66 bits per heavy atom. The first-order valence-corrected chi connectivity index (χ1v) is 9.82. The van der Waals surface area contributed by atoms with Gasteiger partial charge in [-0.1, -0.05) is 24.3 Å². The minimum absolute atomic E-state index is 0.0609. The number of aromatic nitrogens is 1. The Morgan fingerprint density at radius 1 is 1.17 bits per heavy atom. The molecule has 2 saturated heterocycles. The summed E-state index contributed by atoms with van der Waals surface area (Å²) in [6, 6.07) is 11.6. The molecule has 0 saturated carbocycles. The molecule has 0 unspecified atom stereocenters. The predicted molar refractivity (Wildman–Crippen MR) is 110 cm³/mol. The van der Waals surface area contributed by atoms with Gasteiger partial charge in [-0.05, 0) is 24.6 Å². The fraction of sp³-hybridized carbons (Fsp3) is 0.381. The smallest absolute Gasteiger partial charge is 0.407 e. The van der Waals surface area contributed by atoms with Gasteiger partial charge in [0.25, 0.3) is 0 Å². The molecule has 2 N–H and O–H groups in total. The summed E-state index contributed by atoms with van der Waals surface area (Å²) in [5, 5.41) is 5.36. The quantitative estimate of drug-likeness (QED) is 0.797. The Morgan fingerprint density at radius 2 is 1.93 bits per heavy atom. The zero-order chi connectivity index (χ0) is 20.2. The van der Waals surface area contributed by atoms with Crippen molar-refractivity contribution in [1.29, 1.82) is 0 Å². The van der Waals surface area contributed by atoms with Gasteiger partial charge >= 0.3 is 6.09 Å². The molecule has 1 aromatic carbocycles. The molecule has 3 heterocycles. The third-order valence-corrected chi connectivity index (χ3v) is 5.35. The number of hydrogen-bond acceptors (Lipinski definition) is 6. The maximum absolute atomic E-state index is 12.2. The van der Waals surface area contributed by atoms with E-state index in [1.165, 1.54) is 11.3 Å². The zero-order valence-corrected chi connectivity index (χ0v) is 16.4. The van der Waals surface area contributed by atoms with Crippen LogP contribution in [-0.4, -0.2) is 55.8 Å². The van der Waals surface area contributed by atoms with Gasteiger partial charge in [-0.3, -0.25) is 4.79 Å². The maximum atomic E-state index is 12.2. The third-order valence-electron chi connectivity index (χ3n) is 5.35. The monoisotopic (exact) mass is 395 g/mol. The second-order valence-corrected chi connectivity index (χ2v) is 7.26. The molecule has 4 rings (SSSR count). The Hall–Kier alpha value is -3.29. The van der Waals surface area contributed by atoms with Crippen molar-refractivity contribution in [3.05, 3.63) is 53.7 Å². The SMILES string of the molecule is Cc1ccccc1N1CCN(c2ncccc2CNC(=O)[C@H]2COC(=O)N2)CC1. The summed E-state index contributed by atoms with van der Waals surface area (Å²) in [6.45, 7) is 6.10. The molecule has 1 aromatic heterocycles. The number of nitrogens with zero attached hydrogens (tertiary/aromatic N) is 3. The summed E-state index contributed by atoms with van der Waals surface area (Å²) in [5.74, 6) is 0.638. The van der Waals surface area contributed by atoms with Crippen LogP contribution in [0.15, 0.2) is 42.6 Å². The van der Waals surface area contributed by atoms with E-state index in [2.05, 4.69) is 56.6 Å². The number of amides is 2. The number of aryl methyl sites for hydroxylation is 1. The Bertz CT molecular complexity index is 895. The van der Waals surface area contributed by atoms with E-state index in [4.69, 9.17) is 4.74 Å². The van der Waals surface area contributed by atoms with Gasteiger partial charge in [0.1, 0.15) is 18.5 Å². The topological polar surface area (TPSA) is 86.8 Å². The molecule has 8 heteroatoms. The highest BCUT2D eigenvalue weighted by Crippen LogP contribution is 2.24. The minimum Gasteiger partial charge on any atom is -0.447 e. The fourth-order valence-electron chi connectivity index (χ4n) is 3.76. The van der Waals surface area contributed by atoms with Crippen molar-refractivity contribution in [2.75, 3.05) is 42.6 Å². The van der Waals surface area contributed by atoms with Crippen LogP contribution in [0.5, 0.6) is 0 Å². The van der Waals surface area contributed by atoms with Crippen LogP contribution in [0.4, 0.5) is 16.3 Å². The van der Waals surface area contributed by atoms with E-state index >= 15 is 0 Å². The standard InChI is InChI=1S/C21H25N5O3/c1-15-5-2-3-7-18(15)25-9-11-26(12-10-25)19-16(6-4-8-22-19)13-23-20(27)17-14-29-21(28)24-17/h2-8,17H,9-14H2,1H3,(H,23,27)(H,24,28)/t17-/m1/s1. The van der Waals surface area contributed by atoms with Crippen molar-refractivity contribution in [2.45, 2.75) is 19.5 Å². The summed E-state index contributed by atoms with van der Waals surface area (Å²) in [6.07, 6.45) is 1.22. The lowest BCUT2D eigenvalue weighted by Crippen LogP contribution is -2.47. The van der Waals surface area contributed by atoms with Gasteiger partial charge < -0.3 is 25.2 Å². The Balaban J connectivity index is 1.38. The average Bonchev–Trinajstić information content (AvgIpc) is 3.19. The van der Waals surface area contributed by atoms with Crippen molar-refractivity contribution >= 4 is 23.5 Å². The van der Waals surface area contributed by atoms with Gasteiger partial charge in [-0.15, -0.1) is 0 Å². The number of alkyl carbamates (subject to hydrolysis) is 1. The molecular weight excluding hydrogens is 370 g/mol. The molecule has 2 aliphatic rings. The molecule has 0 spiro atoms. The molecule has 8 nitrogen and oxygen atoms in total. The molecular formula is C21H25N5O3. The van der Waals surface area contributed by atoms with Gasteiger partial charge in [0.2, 0.25) is 5.91 Å². The lowest BCUT2D eigenvalue weighted by molar-refractivity contribution is -0.122. The van der Waals surface area contributed by atoms with E-state index in [9.17, 15) is 9.59 Å². The zero-order valence-electron chi connectivity index (χ0n) is 16.4. The number of cyclic esters (lactones) is 1. The van der Waals surface area contributed by atoms with Gasteiger partial charge in [0.15, 0.2) is 0 Å². The highest BCUT2D eigenvalue weighted by atomic mass is 16.6. The summed E-state index contributed by atoms with van der Waals surface area (Å²) < 4.78 is 4.78. The summed E-state index contributed by atoms with van der Waals surface area (Å²) in [5.41, 5.74) is 3.52. The first-order valence-electron chi connectivity index (χ1n) is 9.82. The lowest BCUT2D eigenvalue weighted by atomic mass is 10.1. The van der Waals surface area contributed by atoms with Crippen LogP contribution in [0.3, 0.4) is 0 Å². The van der Waals surface area contributed by atoms with E-state index in [1.807, 2.05) is 12.1 Å². The Kier molecular flexibility index (Phi) is 5.50. The van der Waals surface area contributed by atoms with Crippen LogP contribution in [0, 0.1) is 6.92 Å².